The van der Waals surface area contributed by atoms with Crippen LogP contribution in [-0.4, -0.2) is 19.2 Å². The van der Waals surface area contributed by atoms with Gasteiger partial charge in [0.15, 0.2) is 9.84 Å². The number of nitrogens with two attached hydrogens (primary N) is 1. The molecular formula is C13H19NO2S. The predicted octanol–water partition coefficient (Wildman–Crippen LogP) is 1.90. The molecule has 1 fully saturated rings. The first kappa shape index (κ1) is 12.6. The number of hydrogen-bond acceptors (Lipinski definition) is 3. The Bertz CT molecular complexity index is 510. The molecule has 17 heavy (non-hydrogen) atoms. The zero-order valence-corrected chi connectivity index (χ0v) is 11.1. The molecule has 1 saturated carbocycles. The first-order valence-electron chi connectivity index (χ1n) is 5.91. The molecule has 1 aliphatic rings. The van der Waals surface area contributed by atoms with Crippen LogP contribution in [0, 0.1) is 0 Å². The quantitative estimate of drug-likeness (QED) is 0.891. The maximum Gasteiger partial charge on any atom is 0.181 e. The van der Waals surface area contributed by atoms with E-state index >= 15 is 0 Å². The zero-order valence-electron chi connectivity index (χ0n) is 10.3. The van der Waals surface area contributed by atoms with Gasteiger partial charge in [0.1, 0.15) is 0 Å². The minimum atomic E-state index is -3.12. The van der Waals surface area contributed by atoms with E-state index in [9.17, 15) is 8.42 Å². The molecule has 2 rings (SSSR count). The molecule has 1 aliphatic carbocycles. The molecule has 0 saturated heterocycles. The van der Waals surface area contributed by atoms with Crippen LogP contribution in [-0.2, 0) is 16.3 Å². The Kier molecular flexibility index (Phi) is 3.04. The van der Waals surface area contributed by atoms with E-state index in [4.69, 9.17) is 5.73 Å². The van der Waals surface area contributed by atoms with Crippen molar-refractivity contribution in [2.45, 2.75) is 48.8 Å². The van der Waals surface area contributed by atoms with Crippen molar-refractivity contribution in [3.63, 3.8) is 0 Å². The fourth-order valence-corrected chi connectivity index (χ4v) is 3.87. The van der Waals surface area contributed by atoms with Gasteiger partial charge in [-0.2, -0.15) is 0 Å². The highest BCUT2D eigenvalue weighted by Crippen LogP contribution is 2.35. The van der Waals surface area contributed by atoms with E-state index in [0.717, 1.165) is 18.4 Å². The Morgan fingerprint density at radius 3 is 2.41 bits per heavy atom. The van der Waals surface area contributed by atoms with Crippen molar-refractivity contribution >= 4 is 9.84 Å². The van der Waals surface area contributed by atoms with E-state index < -0.39 is 15.4 Å². The molecule has 2 N–H and O–H groups in total. The molecule has 4 heteroatoms. The number of benzene rings is 1. The van der Waals surface area contributed by atoms with Crippen LogP contribution in [0.2, 0.25) is 0 Å². The topological polar surface area (TPSA) is 60.2 Å². The van der Waals surface area contributed by atoms with Crippen molar-refractivity contribution in [1.29, 1.82) is 0 Å². The molecule has 94 valence electrons. The van der Waals surface area contributed by atoms with E-state index in [1.165, 1.54) is 0 Å². The fraction of sp³-hybridized carbons (Fsp3) is 0.538. The second kappa shape index (κ2) is 4.10. The average molecular weight is 253 g/mol. The van der Waals surface area contributed by atoms with E-state index in [1.54, 1.807) is 12.1 Å². The van der Waals surface area contributed by atoms with Crippen LogP contribution >= 0.6 is 0 Å². The van der Waals surface area contributed by atoms with Crippen LogP contribution in [0.4, 0.5) is 0 Å². The lowest BCUT2D eigenvalue weighted by Gasteiger charge is -2.20. The Morgan fingerprint density at radius 2 is 1.88 bits per heavy atom. The van der Waals surface area contributed by atoms with Gasteiger partial charge in [-0.15, -0.1) is 0 Å². The van der Waals surface area contributed by atoms with Crippen LogP contribution in [0.15, 0.2) is 29.2 Å². The standard InChI is InChI=1S/C13H19NO2S/c1-13(2,14)9-10-5-3-4-6-12(10)17(15,16)11-7-8-11/h3-6,11H,7-9,14H2,1-2H3. The predicted molar refractivity (Wildman–Crippen MR) is 68.6 cm³/mol. The van der Waals surface area contributed by atoms with Crippen LogP contribution in [0.3, 0.4) is 0 Å². The third-order valence-electron chi connectivity index (χ3n) is 2.89. The molecule has 0 aliphatic heterocycles. The summed E-state index contributed by atoms with van der Waals surface area (Å²) in [6.45, 7) is 3.82. The zero-order chi connectivity index (χ0) is 12.7. The lowest BCUT2D eigenvalue weighted by Crippen LogP contribution is -2.35. The summed E-state index contributed by atoms with van der Waals surface area (Å²) in [6.07, 6.45) is 2.17. The average Bonchev–Trinajstić information content (AvgIpc) is 2.98. The highest BCUT2D eigenvalue weighted by molar-refractivity contribution is 7.92. The minimum absolute atomic E-state index is 0.162. The molecule has 0 atom stereocenters. The molecule has 0 radical (unpaired) electrons. The minimum Gasteiger partial charge on any atom is -0.325 e. The molecule has 1 aromatic carbocycles. The summed E-state index contributed by atoms with van der Waals surface area (Å²) in [5.74, 6) is 0. The van der Waals surface area contributed by atoms with Crippen LogP contribution in [0.1, 0.15) is 32.3 Å². The van der Waals surface area contributed by atoms with Crippen molar-refractivity contribution in [1.82, 2.24) is 0 Å². The van der Waals surface area contributed by atoms with Crippen molar-refractivity contribution in [3.05, 3.63) is 29.8 Å². The third kappa shape index (κ3) is 2.87. The first-order chi connectivity index (χ1) is 7.81. The SMILES string of the molecule is CC(C)(N)Cc1ccccc1S(=O)(=O)C1CC1. The molecule has 3 nitrogen and oxygen atoms in total. The maximum atomic E-state index is 12.3. The summed E-state index contributed by atoms with van der Waals surface area (Å²) in [4.78, 5) is 0.473. The number of rotatable bonds is 4. The summed E-state index contributed by atoms with van der Waals surface area (Å²) in [5, 5.41) is -0.162. The van der Waals surface area contributed by atoms with Crippen molar-refractivity contribution in [3.8, 4) is 0 Å². The van der Waals surface area contributed by atoms with E-state index in [-0.39, 0.29) is 5.25 Å². The monoisotopic (exact) mass is 253 g/mol. The van der Waals surface area contributed by atoms with Crippen LogP contribution in [0.25, 0.3) is 0 Å². The number of sulfone groups is 1. The van der Waals surface area contributed by atoms with Gasteiger partial charge in [0.25, 0.3) is 0 Å². The van der Waals surface area contributed by atoms with Gasteiger partial charge in [0.2, 0.25) is 0 Å². The number of hydrogen-bond donors (Lipinski definition) is 1. The molecule has 0 heterocycles. The molecule has 0 amide bonds. The summed E-state index contributed by atoms with van der Waals surface area (Å²) in [7, 11) is -3.12. The molecule has 0 unspecified atom stereocenters. The van der Waals surface area contributed by atoms with Gasteiger partial charge in [-0.1, -0.05) is 18.2 Å². The molecule has 0 aromatic heterocycles. The van der Waals surface area contributed by atoms with Crippen LogP contribution < -0.4 is 5.73 Å². The molecule has 1 aromatic rings. The van der Waals surface area contributed by atoms with Gasteiger partial charge in [0, 0.05) is 5.54 Å². The maximum absolute atomic E-state index is 12.3. The lowest BCUT2D eigenvalue weighted by atomic mass is 9.96. The van der Waals surface area contributed by atoms with E-state index in [0.29, 0.717) is 11.3 Å². The van der Waals surface area contributed by atoms with Gasteiger partial charge in [-0.25, -0.2) is 8.42 Å². The van der Waals surface area contributed by atoms with Gasteiger partial charge in [-0.05, 0) is 44.7 Å². The summed E-state index contributed by atoms with van der Waals surface area (Å²) >= 11 is 0. The lowest BCUT2D eigenvalue weighted by molar-refractivity contribution is 0.511. The Balaban J connectivity index is 2.41. The smallest absolute Gasteiger partial charge is 0.181 e. The van der Waals surface area contributed by atoms with Gasteiger partial charge in [0.05, 0.1) is 10.1 Å². The summed E-state index contributed by atoms with van der Waals surface area (Å²) in [5.41, 5.74) is 6.42. The van der Waals surface area contributed by atoms with Crippen molar-refractivity contribution in [2.24, 2.45) is 5.73 Å². The van der Waals surface area contributed by atoms with E-state index in [2.05, 4.69) is 0 Å². The molecular weight excluding hydrogens is 234 g/mol. The second-order valence-corrected chi connectivity index (χ2v) is 7.71. The van der Waals surface area contributed by atoms with E-state index in [1.807, 2.05) is 26.0 Å². The third-order valence-corrected chi connectivity index (χ3v) is 5.25. The fourth-order valence-electron chi connectivity index (χ4n) is 1.98. The first-order valence-corrected chi connectivity index (χ1v) is 7.46. The van der Waals surface area contributed by atoms with Crippen molar-refractivity contribution < 1.29 is 8.42 Å². The van der Waals surface area contributed by atoms with Gasteiger partial charge in [-0.3, -0.25) is 0 Å². The van der Waals surface area contributed by atoms with Crippen LogP contribution in [0.5, 0.6) is 0 Å². The Hall–Kier alpha value is -0.870. The van der Waals surface area contributed by atoms with Crippen molar-refractivity contribution in [2.75, 3.05) is 0 Å². The molecule has 0 spiro atoms. The van der Waals surface area contributed by atoms with Gasteiger partial charge < -0.3 is 5.73 Å². The summed E-state index contributed by atoms with van der Waals surface area (Å²) < 4.78 is 24.5. The summed E-state index contributed by atoms with van der Waals surface area (Å²) in [6, 6.07) is 7.22. The molecule has 0 bridgehead atoms. The van der Waals surface area contributed by atoms with Gasteiger partial charge >= 0.3 is 0 Å². The second-order valence-electron chi connectivity index (χ2n) is 5.52. The highest BCUT2D eigenvalue weighted by atomic mass is 32.2. The normalized spacial score (nSPS) is 17.1. The Morgan fingerprint density at radius 1 is 1.29 bits per heavy atom. The largest absolute Gasteiger partial charge is 0.325 e. The highest BCUT2D eigenvalue weighted by Gasteiger charge is 2.38. The Labute approximate surface area is 103 Å².